The molecule has 274 valence electrons. The van der Waals surface area contributed by atoms with Crippen LogP contribution in [0.5, 0.6) is 0 Å². The van der Waals surface area contributed by atoms with Gasteiger partial charge in [0, 0.05) is 12.8 Å². The van der Waals surface area contributed by atoms with Gasteiger partial charge in [-0.1, -0.05) is 206 Å². The van der Waals surface area contributed by atoms with Gasteiger partial charge in [-0.15, -0.1) is 0 Å². The minimum Gasteiger partial charge on any atom is -0.463 e. The van der Waals surface area contributed by atoms with E-state index < -0.39 is 6.10 Å². The highest BCUT2D eigenvalue weighted by Gasteiger charge is 2.12. The van der Waals surface area contributed by atoms with Gasteiger partial charge in [-0.3, -0.25) is 9.59 Å². The fourth-order valence-corrected chi connectivity index (χ4v) is 6.21. The fourth-order valence-electron chi connectivity index (χ4n) is 6.21. The summed E-state index contributed by atoms with van der Waals surface area (Å²) in [6.07, 6.45) is 41.6. The average molecular weight is 653 g/mol. The van der Waals surface area contributed by atoms with Crippen molar-refractivity contribution in [2.45, 2.75) is 238 Å². The van der Waals surface area contributed by atoms with E-state index in [2.05, 4.69) is 13.8 Å². The lowest BCUT2D eigenvalue weighted by molar-refractivity contribution is -0.152. The molecule has 0 amide bonds. The Labute approximate surface area is 287 Å². The Bertz CT molecular complexity index is 622. The summed E-state index contributed by atoms with van der Waals surface area (Å²) in [5.41, 5.74) is 0. The van der Waals surface area contributed by atoms with Crippen LogP contribution in [0.1, 0.15) is 232 Å². The van der Waals surface area contributed by atoms with Gasteiger partial charge in [-0.25, -0.2) is 0 Å². The van der Waals surface area contributed by atoms with Crippen molar-refractivity contribution in [1.29, 1.82) is 0 Å². The molecule has 0 aromatic carbocycles. The molecule has 0 unspecified atom stereocenters. The summed E-state index contributed by atoms with van der Waals surface area (Å²) in [7, 11) is 0. The van der Waals surface area contributed by atoms with E-state index >= 15 is 0 Å². The second-order valence-electron chi connectivity index (χ2n) is 14.1. The van der Waals surface area contributed by atoms with Gasteiger partial charge < -0.3 is 14.6 Å². The van der Waals surface area contributed by atoms with Gasteiger partial charge in [-0.05, 0) is 12.8 Å². The van der Waals surface area contributed by atoms with Gasteiger partial charge in [-0.2, -0.15) is 0 Å². The number of aliphatic hydroxyl groups excluding tert-OH is 1. The molecule has 5 heteroatoms. The Morgan fingerprint density at radius 3 is 0.783 bits per heavy atom. The zero-order valence-electron chi connectivity index (χ0n) is 31.1. The van der Waals surface area contributed by atoms with Crippen molar-refractivity contribution in [2.75, 3.05) is 13.2 Å². The van der Waals surface area contributed by atoms with Gasteiger partial charge in [0.2, 0.25) is 0 Å². The zero-order chi connectivity index (χ0) is 33.6. The maximum atomic E-state index is 12.0. The van der Waals surface area contributed by atoms with E-state index in [-0.39, 0.29) is 25.2 Å². The molecule has 0 saturated carbocycles. The molecule has 0 rings (SSSR count). The molecule has 0 aromatic heterocycles. The number of esters is 2. The molecule has 0 fully saturated rings. The third-order valence-electron chi connectivity index (χ3n) is 9.34. The topological polar surface area (TPSA) is 72.8 Å². The van der Waals surface area contributed by atoms with Crippen LogP contribution in [0.15, 0.2) is 0 Å². The SMILES string of the molecule is CCCCCCCCCCCCCCCCCCCCC(=O)OC[C@H](O)COC(=O)CCCCCCCCCCCCCCCC. The minimum atomic E-state index is -0.954. The molecule has 1 N–H and O–H groups in total. The first kappa shape index (κ1) is 44.9. The van der Waals surface area contributed by atoms with Crippen molar-refractivity contribution in [1.82, 2.24) is 0 Å². The molecule has 5 nitrogen and oxygen atoms in total. The first-order valence-corrected chi connectivity index (χ1v) is 20.6. The number of hydrogen-bond donors (Lipinski definition) is 1. The van der Waals surface area contributed by atoms with E-state index in [0.29, 0.717) is 12.8 Å². The highest BCUT2D eigenvalue weighted by atomic mass is 16.6. The summed E-state index contributed by atoms with van der Waals surface area (Å²) in [6, 6.07) is 0. The fraction of sp³-hybridized carbons (Fsp3) is 0.951. The predicted molar refractivity (Wildman–Crippen MR) is 196 cm³/mol. The normalized spacial score (nSPS) is 12.0. The van der Waals surface area contributed by atoms with Crippen LogP contribution in [-0.2, 0) is 19.1 Å². The molecule has 46 heavy (non-hydrogen) atoms. The number of hydrogen-bond acceptors (Lipinski definition) is 5. The first-order valence-electron chi connectivity index (χ1n) is 20.6. The van der Waals surface area contributed by atoms with Crippen LogP contribution in [-0.4, -0.2) is 36.4 Å². The number of aliphatic hydroxyl groups is 1. The Kier molecular flexibility index (Phi) is 37.4. The average Bonchev–Trinajstić information content (AvgIpc) is 3.06. The molecule has 0 heterocycles. The second-order valence-corrected chi connectivity index (χ2v) is 14.1. The Morgan fingerprint density at radius 2 is 0.565 bits per heavy atom. The molecule has 0 aromatic rings. The molecule has 0 spiro atoms. The Hall–Kier alpha value is -1.10. The summed E-state index contributed by atoms with van der Waals surface area (Å²) in [5.74, 6) is -0.549. The van der Waals surface area contributed by atoms with E-state index in [0.717, 1.165) is 25.7 Å². The molecule has 0 aliphatic rings. The third-order valence-corrected chi connectivity index (χ3v) is 9.34. The van der Waals surface area contributed by atoms with Crippen molar-refractivity contribution < 1.29 is 24.2 Å². The van der Waals surface area contributed by atoms with Crippen LogP contribution in [0.25, 0.3) is 0 Å². The summed E-state index contributed by atoms with van der Waals surface area (Å²) in [4.78, 5) is 23.9. The standard InChI is InChI=1S/C41H80O5/c1-3-5-7-9-11-13-15-17-19-20-21-22-24-26-28-30-32-34-36-41(44)46-38-39(42)37-45-40(43)35-33-31-29-27-25-23-18-16-14-12-10-8-6-4-2/h39,42H,3-38H2,1-2H3/t39-/m1/s1. The van der Waals surface area contributed by atoms with Crippen molar-refractivity contribution in [3.05, 3.63) is 0 Å². The molecular formula is C41H80O5. The van der Waals surface area contributed by atoms with Gasteiger partial charge in [0.25, 0.3) is 0 Å². The van der Waals surface area contributed by atoms with E-state index in [4.69, 9.17) is 9.47 Å². The lowest BCUT2D eigenvalue weighted by atomic mass is 10.0. The van der Waals surface area contributed by atoms with E-state index in [1.54, 1.807) is 0 Å². The largest absolute Gasteiger partial charge is 0.463 e. The van der Waals surface area contributed by atoms with Gasteiger partial charge in [0.15, 0.2) is 0 Å². The van der Waals surface area contributed by atoms with Crippen LogP contribution in [0.2, 0.25) is 0 Å². The van der Waals surface area contributed by atoms with Crippen LogP contribution < -0.4 is 0 Å². The number of carbonyl (C=O) groups is 2. The number of ether oxygens (including phenoxy) is 2. The van der Waals surface area contributed by atoms with Crippen LogP contribution in [0, 0.1) is 0 Å². The molecule has 0 radical (unpaired) electrons. The van der Waals surface area contributed by atoms with E-state index in [1.165, 1.54) is 180 Å². The summed E-state index contributed by atoms with van der Waals surface area (Å²) in [6.45, 7) is 4.33. The molecule has 0 aliphatic heterocycles. The summed E-state index contributed by atoms with van der Waals surface area (Å²) >= 11 is 0. The molecule has 0 saturated heterocycles. The predicted octanol–water partition coefficient (Wildman–Crippen LogP) is 12.7. The summed E-state index contributed by atoms with van der Waals surface area (Å²) in [5, 5.41) is 10.0. The highest BCUT2D eigenvalue weighted by molar-refractivity contribution is 5.69. The molecular weight excluding hydrogens is 572 g/mol. The molecule has 0 aliphatic carbocycles. The maximum absolute atomic E-state index is 12.0. The lowest BCUT2D eigenvalue weighted by Gasteiger charge is -2.12. The van der Waals surface area contributed by atoms with Crippen molar-refractivity contribution >= 4 is 11.9 Å². The first-order chi connectivity index (χ1) is 22.6. The van der Waals surface area contributed by atoms with Gasteiger partial charge >= 0.3 is 11.9 Å². The molecule has 1 atom stereocenters. The third kappa shape index (κ3) is 37.4. The number of unbranched alkanes of at least 4 members (excludes halogenated alkanes) is 30. The van der Waals surface area contributed by atoms with E-state index in [9.17, 15) is 14.7 Å². The van der Waals surface area contributed by atoms with Crippen LogP contribution >= 0.6 is 0 Å². The lowest BCUT2D eigenvalue weighted by Crippen LogP contribution is -2.25. The smallest absolute Gasteiger partial charge is 0.305 e. The van der Waals surface area contributed by atoms with Crippen molar-refractivity contribution in [3.8, 4) is 0 Å². The number of rotatable bonds is 38. The maximum Gasteiger partial charge on any atom is 0.305 e. The Balaban J connectivity index is 3.36. The zero-order valence-corrected chi connectivity index (χ0v) is 31.1. The van der Waals surface area contributed by atoms with E-state index in [1.807, 2.05) is 0 Å². The molecule has 0 bridgehead atoms. The van der Waals surface area contributed by atoms with Crippen LogP contribution in [0.3, 0.4) is 0 Å². The minimum absolute atomic E-state index is 0.107. The second kappa shape index (κ2) is 38.3. The van der Waals surface area contributed by atoms with Gasteiger partial charge in [0.1, 0.15) is 19.3 Å². The van der Waals surface area contributed by atoms with Crippen LogP contribution in [0.4, 0.5) is 0 Å². The van der Waals surface area contributed by atoms with Crippen molar-refractivity contribution in [2.24, 2.45) is 0 Å². The van der Waals surface area contributed by atoms with Crippen molar-refractivity contribution in [3.63, 3.8) is 0 Å². The highest BCUT2D eigenvalue weighted by Crippen LogP contribution is 2.16. The number of carbonyl (C=O) groups excluding carboxylic acids is 2. The monoisotopic (exact) mass is 653 g/mol. The van der Waals surface area contributed by atoms with Gasteiger partial charge in [0.05, 0.1) is 0 Å². The summed E-state index contributed by atoms with van der Waals surface area (Å²) < 4.78 is 10.3. The quantitative estimate of drug-likeness (QED) is 0.0531. The Morgan fingerprint density at radius 1 is 0.370 bits per heavy atom.